The van der Waals surface area contributed by atoms with E-state index in [1.54, 1.807) is 0 Å². The predicted molar refractivity (Wildman–Crippen MR) is 67.8 cm³/mol. The maximum atomic E-state index is 11.6. The van der Waals surface area contributed by atoms with Crippen molar-refractivity contribution in [3.63, 3.8) is 0 Å². The summed E-state index contributed by atoms with van der Waals surface area (Å²) in [6.45, 7) is 0.696. The van der Waals surface area contributed by atoms with Crippen LogP contribution in [0.5, 0.6) is 0 Å². The molecule has 0 aliphatic heterocycles. The molecule has 34 heavy (non-hydrogen) atoms. The Morgan fingerprint density at radius 2 is 0.706 bits per heavy atom. The minimum absolute atomic E-state index is 0. The first-order chi connectivity index (χ1) is 14.3. The minimum atomic E-state index is -6.77. The van der Waals surface area contributed by atoms with Crippen molar-refractivity contribution < 1.29 is 121 Å². The summed E-state index contributed by atoms with van der Waals surface area (Å²) in [6.07, 6.45) is -22.0. The molecule has 0 radical (unpaired) electrons. The van der Waals surface area contributed by atoms with Gasteiger partial charge in [-0.3, -0.25) is 0 Å². The zero-order valence-electron chi connectivity index (χ0n) is 15.6. The van der Waals surface area contributed by atoms with Gasteiger partial charge in [0, 0.05) is 0 Å². The van der Waals surface area contributed by atoms with Crippen LogP contribution in [0.15, 0.2) is 0 Å². The van der Waals surface area contributed by atoms with E-state index in [2.05, 4.69) is 4.74 Å². The maximum Gasteiger partial charge on any atom is 2.00 e. The van der Waals surface area contributed by atoms with Crippen molar-refractivity contribution in [2.24, 2.45) is 0 Å². The van der Waals surface area contributed by atoms with Crippen LogP contribution in [0.25, 0.3) is 0 Å². The maximum absolute atomic E-state index is 11.6. The van der Waals surface area contributed by atoms with Gasteiger partial charge in [-0.25, -0.2) is 17.6 Å². The molecule has 0 fully saturated rings. The summed E-state index contributed by atoms with van der Waals surface area (Å²) >= 11 is 0. The average Bonchev–Trinajstić information content (AvgIpc) is 2.60. The standard InChI is InChI=1S/2C4F9.C4H10O3.Cd/c2*5-1(6)2(7,8)3(9,10)4(11,12)13;5-1-3-7-4-2-6;/h;;5-6H,1-4H2;/q2*-1;;+2. The molecule has 0 aromatic rings. The molecule has 3 nitrogen and oxygen atoms in total. The summed E-state index contributed by atoms with van der Waals surface area (Å²) in [5, 5.41) is 16.2. The summed E-state index contributed by atoms with van der Waals surface area (Å²) in [7, 11) is 0. The molecule has 0 rings (SSSR count). The third-order valence-electron chi connectivity index (χ3n) is 2.45. The third kappa shape index (κ3) is 11.1. The van der Waals surface area contributed by atoms with Crippen LogP contribution in [0.1, 0.15) is 0 Å². The Morgan fingerprint density at radius 1 is 0.500 bits per heavy atom. The fourth-order valence-corrected chi connectivity index (χ4v) is 0.825. The average molecular weight is 657 g/mol. The van der Waals surface area contributed by atoms with Crippen LogP contribution >= 0.6 is 0 Å². The van der Waals surface area contributed by atoms with Crippen LogP contribution in [0, 0.1) is 12.9 Å². The van der Waals surface area contributed by atoms with Gasteiger partial charge in [-0.2, -0.15) is 43.9 Å². The molecule has 0 aromatic heterocycles. The summed E-state index contributed by atoms with van der Waals surface area (Å²) in [5.41, 5.74) is 0. The molecule has 204 valence electrons. The van der Waals surface area contributed by atoms with Gasteiger partial charge in [0.1, 0.15) is 0 Å². The molecule has 0 unspecified atom stereocenters. The molecule has 0 spiro atoms. The SMILES string of the molecule is F[C-](F)C(F)(F)C(F)(F)C(F)(F)F.F[C-](F)C(F)(F)C(F)(F)C(F)(F)F.OCCOCCO.[Cd+2]. The molecule has 22 heteroatoms. The molecule has 2 N–H and O–H groups in total. The first kappa shape index (κ1) is 40.7. The number of aliphatic hydroxyl groups excluding tert-OH is 2. The summed E-state index contributed by atoms with van der Waals surface area (Å²) in [4.78, 5) is 0. The number of halogens is 18. The van der Waals surface area contributed by atoms with Gasteiger partial charge in [0.15, 0.2) is 0 Å². The van der Waals surface area contributed by atoms with Crippen molar-refractivity contribution in [1.82, 2.24) is 0 Å². The molecule has 0 amide bonds. The fraction of sp³-hybridized carbons (Fsp3) is 0.833. The van der Waals surface area contributed by atoms with Crippen LogP contribution in [-0.4, -0.2) is 72.7 Å². The van der Waals surface area contributed by atoms with E-state index in [0.717, 1.165) is 0 Å². The van der Waals surface area contributed by atoms with E-state index >= 15 is 0 Å². The first-order valence-electron chi connectivity index (χ1n) is 7.11. The van der Waals surface area contributed by atoms with E-state index < -0.39 is 48.9 Å². The van der Waals surface area contributed by atoms with E-state index in [4.69, 9.17) is 10.2 Å². The minimum Gasteiger partial charge on any atom is -0.415 e. The van der Waals surface area contributed by atoms with Gasteiger partial charge in [0.25, 0.3) is 11.8 Å². The van der Waals surface area contributed by atoms with Crippen LogP contribution in [0.2, 0.25) is 0 Å². The monoisotopic (exact) mass is 658 g/mol. The Morgan fingerprint density at radius 3 is 0.794 bits per heavy atom. The van der Waals surface area contributed by atoms with Gasteiger partial charge in [0.05, 0.1) is 39.3 Å². The fourth-order valence-electron chi connectivity index (χ4n) is 0.825. The van der Waals surface area contributed by atoms with E-state index in [-0.39, 0.29) is 40.5 Å². The van der Waals surface area contributed by atoms with Gasteiger partial charge in [-0.1, -0.05) is 0 Å². The summed E-state index contributed by atoms with van der Waals surface area (Å²) < 4.78 is 208. The number of hydrogen-bond acceptors (Lipinski definition) is 3. The number of alkyl halides is 14. The molecular weight excluding hydrogens is 647 g/mol. The predicted octanol–water partition coefficient (Wildman–Crippen LogP) is 5.48. The van der Waals surface area contributed by atoms with Crippen molar-refractivity contribution in [2.75, 3.05) is 26.4 Å². The summed E-state index contributed by atoms with van der Waals surface area (Å²) in [6, 6.07) is 0. The van der Waals surface area contributed by atoms with Crippen LogP contribution in [0.4, 0.5) is 79.0 Å². The van der Waals surface area contributed by atoms with E-state index in [0.29, 0.717) is 13.2 Å². The number of ether oxygens (including phenoxy) is 1. The van der Waals surface area contributed by atoms with Crippen LogP contribution in [0.3, 0.4) is 0 Å². The van der Waals surface area contributed by atoms with Gasteiger partial charge in [-0.15, -0.1) is 0 Å². The zero-order chi connectivity index (χ0) is 27.7. The van der Waals surface area contributed by atoms with Gasteiger partial charge < -0.3 is 32.5 Å². The Balaban J connectivity index is -0.000000205. The largest absolute Gasteiger partial charge is 2.00 e. The molecule has 0 atom stereocenters. The van der Waals surface area contributed by atoms with Crippen molar-refractivity contribution in [2.45, 2.75) is 36.0 Å². The second kappa shape index (κ2) is 14.9. The number of aliphatic hydroxyl groups is 2. The second-order valence-electron chi connectivity index (χ2n) is 4.87. The summed E-state index contributed by atoms with van der Waals surface area (Å²) in [5.74, 6) is -26.5. The van der Waals surface area contributed by atoms with Gasteiger partial charge >= 0.3 is 51.5 Å². The van der Waals surface area contributed by atoms with Gasteiger partial charge in [0.2, 0.25) is 0 Å². The second-order valence-corrected chi connectivity index (χ2v) is 4.87. The van der Waals surface area contributed by atoms with Gasteiger partial charge in [-0.05, 0) is 0 Å². The van der Waals surface area contributed by atoms with Crippen molar-refractivity contribution in [1.29, 1.82) is 0 Å². The van der Waals surface area contributed by atoms with Crippen LogP contribution < -0.4 is 0 Å². The molecule has 0 aromatic carbocycles. The normalized spacial score (nSPS) is 13.6. The van der Waals surface area contributed by atoms with Crippen molar-refractivity contribution in [3.05, 3.63) is 12.9 Å². The quantitative estimate of drug-likeness (QED) is 0.158. The Hall–Kier alpha value is -0.458. The molecule has 0 heterocycles. The van der Waals surface area contributed by atoms with Crippen molar-refractivity contribution in [3.8, 4) is 0 Å². The Kier molecular flexibility index (Phi) is 17.9. The van der Waals surface area contributed by atoms with E-state index in [1.165, 1.54) is 0 Å². The molecule has 0 saturated carbocycles. The molecule has 0 bridgehead atoms. The molecule has 0 aliphatic carbocycles. The van der Waals surface area contributed by atoms with E-state index in [1.807, 2.05) is 0 Å². The first-order valence-corrected chi connectivity index (χ1v) is 7.11. The molecule has 0 aliphatic rings. The third-order valence-corrected chi connectivity index (χ3v) is 2.45. The number of hydrogen-bond donors (Lipinski definition) is 2. The smallest absolute Gasteiger partial charge is 0.415 e. The topological polar surface area (TPSA) is 49.7 Å². The molecule has 0 saturated heterocycles. The Labute approximate surface area is 197 Å². The number of rotatable bonds is 8. The molecular formula is C12H10CdF18O3. The zero-order valence-corrected chi connectivity index (χ0v) is 19.7. The van der Waals surface area contributed by atoms with Crippen LogP contribution in [-0.2, 0) is 32.0 Å². The van der Waals surface area contributed by atoms with Crippen molar-refractivity contribution >= 4 is 0 Å². The Bertz CT molecular complexity index is 487. The van der Waals surface area contributed by atoms with E-state index in [9.17, 15) is 79.0 Å².